The van der Waals surface area contributed by atoms with Crippen molar-refractivity contribution in [3.05, 3.63) is 29.6 Å². The molecule has 0 fully saturated rings. The second kappa shape index (κ2) is 5.85. The van der Waals surface area contributed by atoms with Gasteiger partial charge in [-0.2, -0.15) is 0 Å². The highest BCUT2D eigenvalue weighted by atomic mass is 19.1. The van der Waals surface area contributed by atoms with Crippen molar-refractivity contribution in [1.29, 1.82) is 0 Å². The SMILES string of the molecule is CCC(C)Oc1cccc(F)c1C1=NCCCN1. The number of aliphatic imine (C=N–C) groups is 1. The van der Waals surface area contributed by atoms with Crippen LogP contribution in [0.4, 0.5) is 4.39 Å². The summed E-state index contributed by atoms with van der Waals surface area (Å²) in [5.41, 5.74) is 0.456. The van der Waals surface area contributed by atoms with Crippen molar-refractivity contribution < 1.29 is 9.13 Å². The molecule has 0 radical (unpaired) electrons. The van der Waals surface area contributed by atoms with Crippen molar-refractivity contribution in [2.45, 2.75) is 32.8 Å². The van der Waals surface area contributed by atoms with Crippen LogP contribution in [-0.2, 0) is 0 Å². The smallest absolute Gasteiger partial charge is 0.137 e. The number of nitrogens with zero attached hydrogens (tertiary/aromatic N) is 1. The zero-order chi connectivity index (χ0) is 13.0. The van der Waals surface area contributed by atoms with E-state index in [2.05, 4.69) is 10.3 Å². The molecule has 98 valence electrons. The lowest BCUT2D eigenvalue weighted by atomic mass is 10.1. The first-order chi connectivity index (χ1) is 8.72. The summed E-state index contributed by atoms with van der Waals surface area (Å²) in [6, 6.07) is 4.90. The zero-order valence-corrected chi connectivity index (χ0v) is 10.9. The first-order valence-corrected chi connectivity index (χ1v) is 6.46. The molecule has 0 aliphatic carbocycles. The van der Waals surface area contributed by atoms with E-state index in [1.165, 1.54) is 6.07 Å². The molecule has 0 saturated heterocycles. The Labute approximate surface area is 107 Å². The fourth-order valence-corrected chi connectivity index (χ4v) is 1.83. The quantitative estimate of drug-likeness (QED) is 0.891. The number of rotatable bonds is 4. The number of amidine groups is 1. The van der Waals surface area contributed by atoms with Crippen LogP contribution in [0.3, 0.4) is 0 Å². The molecule has 1 N–H and O–H groups in total. The average Bonchev–Trinajstić information content (AvgIpc) is 2.40. The van der Waals surface area contributed by atoms with E-state index in [-0.39, 0.29) is 11.9 Å². The number of ether oxygens (including phenoxy) is 1. The maximum Gasteiger partial charge on any atom is 0.137 e. The summed E-state index contributed by atoms with van der Waals surface area (Å²) in [6.07, 6.45) is 1.93. The Hall–Kier alpha value is -1.58. The first-order valence-electron chi connectivity index (χ1n) is 6.46. The number of benzene rings is 1. The van der Waals surface area contributed by atoms with Crippen LogP contribution in [0.2, 0.25) is 0 Å². The van der Waals surface area contributed by atoms with Crippen LogP contribution in [0, 0.1) is 5.82 Å². The number of hydrogen-bond acceptors (Lipinski definition) is 3. The summed E-state index contributed by atoms with van der Waals surface area (Å²) in [6.45, 7) is 5.58. The summed E-state index contributed by atoms with van der Waals surface area (Å²) >= 11 is 0. The fourth-order valence-electron chi connectivity index (χ4n) is 1.83. The van der Waals surface area contributed by atoms with Gasteiger partial charge in [0, 0.05) is 13.1 Å². The molecule has 1 heterocycles. The van der Waals surface area contributed by atoms with Gasteiger partial charge >= 0.3 is 0 Å². The van der Waals surface area contributed by atoms with E-state index in [0.29, 0.717) is 17.1 Å². The van der Waals surface area contributed by atoms with Gasteiger partial charge in [-0.1, -0.05) is 13.0 Å². The summed E-state index contributed by atoms with van der Waals surface area (Å²) in [7, 11) is 0. The van der Waals surface area contributed by atoms with Crippen LogP contribution in [0.1, 0.15) is 32.3 Å². The average molecular weight is 250 g/mol. The lowest BCUT2D eigenvalue weighted by Gasteiger charge is -2.20. The van der Waals surface area contributed by atoms with Crippen LogP contribution in [0.5, 0.6) is 5.75 Å². The molecule has 1 aliphatic heterocycles. The predicted octanol–water partition coefficient (Wildman–Crippen LogP) is 2.74. The van der Waals surface area contributed by atoms with Gasteiger partial charge in [-0.05, 0) is 31.9 Å². The highest BCUT2D eigenvalue weighted by molar-refractivity contribution is 6.01. The van der Waals surface area contributed by atoms with E-state index in [1.807, 2.05) is 13.8 Å². The summed E-state index contributed by atoms with van der Waals surface area (Å²) in [5, 5.41) is 3.14. The van der Waals surface area contributed by atoms with Crippen LogP contribution in [-0.4, -0.2) is 25.0 Å². The summed E-state index contributed by atoms with van der Waals surface area (Å²) in [5.74, 6) is 0.888. The van der Waals surface area contributed by atoms with E-state index in [9.17, 15) is 4.39 Å². The highest BCUT2D eigenvalue weighted by Crippen LogP contribution is 2.24. The molecule has 0 aromatic heterocycles. The summed E-state index contributed by atoms with van der Waals surface area (Å²) < 4.78 is 19.8. The highest BCUT2D eigenvalue weighted by Gasteiger charge is 2.18. The van der Waals surface area contributed by atoms with E-state index >= 15 is 0 Å². The van der Waals surface area contributed by atoms with E-state index < -0.39 is 0 Å². The van der Waals surface area contributed by atoms with Crippen molar-refractivity contribution in [2.24, 2.45) is 4.99 Å². The van der Waals surface area contributed by atoms with Gasteiger partial charge < -0.3 is 10.1 Å². The Morgan fingerprint density at radius 1 is 1.50 bits per heavy atom. The third-order valence-corrected chi connectivity index (χ3v) is 3.01. The Morgan fingerprint density at radius 2 is 2.33 bits per heavy atom. The molecule has 1 aromatic carbocycles. The molecule has 0 saturated carbocycles. The topological polar surface area (TPSA) is 33.6 Å². The van der Waals surface area contributed by atoms with Crippen molar-refractivity contribution >= 4 is 5.84 Å². The van der Waals surface area contributed by atoms with E-state index in [4.69, 9.17) is 4.74 Å². The largest absolute Gasteiger partial charge is 0.490 e. The van der Waals surface area contributed by atoms with Crippen molar-refractivity contribution in [2.75, 3.05) is 13.1 Å². The molecule has 1 aromatic rings. The molecule has 0 bridgehead atoms. The first kappa shape index (κ1) is 12.9. The van der Waals surface area contributed by atoms with Crippen LogP contribution in [0.25, 0.3) is 0 Å². The number of hydrogen-bond donors (Lipinski definition) is 1. The normalized spacial score (nSPS) is 16.7. The Bertz CT molecular complexity index is 445. The Kier molecular flexibility index (Phi) is 4.18. The summed E-state index contributed by atoms with van der Waals surface area (Å²) in [4.78, 5) is 4.34. The van der Waals surface area contributed by atoms with Gasteiger partial charge in [0.2, 0.25) is 0 Å². The minimum Gasteiger partial charge on any atom is -0.490 e. The minimum absolute atomic E-state index is 0.0646. The second-order valence-electron chi connectivity index (χ2n) is 4.46. The predicted molar refractivity (Wildman–Crippen MR) is 70.8 cm³/mol. The molecule has 1 atom stereocenters. The van der Waals surface area contributed by atoms with Crippen molar-refractivity contribution in [3.8, 4) is 5.75 Å². The third kappa shape index (κ3) is 2.81. The molecule has 2 rings (SSSR count). The molecular weight excluding hydrogens is 231 g/mol. The third-order valence-electron chi connectivity index (χ3n) is 3.01. The van der Waals surface area contributed by atoms with Gasteiger partial charge in [0.15, 0.2) is 0 Å². The van der Waals surface area contributed by atoms with Gasteiger partial charge in [0.05, 0.1) is 11.7 Å². The van der Waals surface area contributed by atoms with E-state index in [0.717, 1.165) is 25.9 Å². The maximum atomic E-state index is 14.0. The molecule has 0 amide bonds. The molecule has 4 heteroatoms. The van der Waals surface area contributed by atoms with Gasteiger partial charge in [-0.25, -0.2) is 4.39 Å². The lowest BCUT2D eigenvalue weighted by molar-refractivity contribution is 0.216. The molecule has 0 spiro atoms. The Balaban J connectivity index is 2.34. The number of nitrogens with one attached hydrogen (secondary N) is 1. The molecule has 3 nitrogen and oxygen atoms in total. The lowest BCUT2D eigenvalue weighted by Crippen LogP contribution is -2.31. The van der Waals surface area contributed by atoms with E-state index in [1.54, 1.807) is 12.1 Å². The van der Waals surface area contributed by atoms with Crippen LogP contribution < -0.4 is 10.1 Å². The minimum atomic E-state index is -0.288. The Morgan fingerprint density at radius 3 is 3.00 bits per heavy atom. The van der Waals surface area contributed by atoms with Gasteiger partial charge in [0.25, 0.3) is 0 Å². The fraction of sp³-hybridized carbons (Fsp3) is 0.500. The standard InChI is InChI=1S/C14H19FN2O/c1-3-10(2)18-12-7-4-6-11(15)13(12)14-16-8-5-9-17-14/h4,6-7,10H,3,5,8-9H2,1-2H3,(H,16,17). The monoisotopic (exact) mass is 250 g/mol. The molecular formula is C14H19FN2O. The van der Waals surface area contributed by atoms with Crippen LogP contribution >= 0.6 is 0 Å². The molecule has 1 aliphatic rings. The number of halogens is 1. The second-order valence-corrected chi connectivity index (χ2v) is 4.46. The van der Waals surface area contributed by atoms with Gasteiger partial charge in [-0.15, -0.1) is 0 Å². The zero-order valence-electron chi connectivity index (χ0n) is 10.9. The van der Waals surface area contributed by atoms with Crippen molar-refractivity contribution in [1.82, 2.24) is 5.32 Å². The van der Waals surface area contributed by atoms with Crippen molar-refractivity contribution in [3.63, 3.8) is 0 Å². The van der Waals surface area contributed by atoms with Gasteiger partial charge in [0.1, 0.15) is 17.4 Å². The maximum absolute atomic E-state index is 14.0. The molecule has 1 unspecified atom stereocenters. The van der Waals surface area contributed by atoms with Gasteiger partial charge in [-0.3, -0.25) is 4.99 Å². The molecule has 18 heavy (non-hydrogen) atoms. The van der Waals surface area contributed by atoms with Crippen LogP contribution in [0.15, 0.2) is 23.2 Å².